The Labute approximate surface area is 194 Å². The van der Waals surface area contributed by atoms with Gasteiger partial charge in [0, 0.05) is 36.7 Å². The van der Waals surface area contributed by atoms with E-state index in [1.165, 1.54) is 11.9 Å². The number of aromatic nitrogens is 3. The van der Waals surface area contributed by atoms with Gasteiger partial charge in [-0.3, -0.25) is 5.10 Å². The highest BCUT2D eigenvalue weighted by Crippen LogP contribution is 2.23. The third kappa shape index (κ3) is 6.55. The Hall–Kier alpha value is -3.39. The van der Waals surface area contributed by atoms with Crippen LogP contribution < -0.4 is 15.4 Å². The minimum absolute atomic E-state index is 0.470. The molecule has 1 aliphatic rings. The smallest absolute Gasteiger partial charge is 0.191 e. The normalized spacial score (nSPS) is 16.1. The molecule has 0 aliphatic carbocycles. The number of guanidine groups is 1. The number of aliphatic imine (C=N–C) groups is 1. The highest BCUT2D eigenvalue weighted by molar-refractivity contribution is 5.79. The van der Waals surface area contributed by atoms with Gasteiger partial charge in [-0.25, -0.2) is 9.98 Å². The Balaban J connectivity index is 1.40. The predicted octanol–water partition coefficient (Wildman–Crippen LogP) is 3.45. The SMILES string of the molecule is CCNC(=NCc1cccc(-c2ncn[nH]2)c1)NCc1ccc(C)cc1OCC1CCOC1. The third-order valence-corrected chi connectivity index (χ3v) is 5.55. The summed E-state index contributed by atoms with van der Waals surface area (Å²) in [5, 5.41) is 13.6. The lowest BCUT2D eigenvalue weighted by Crippen LogP contribution is -2.36. The Kier molecular flexibility index (Phi) is 7.92. The van der Waals surface area contributed by atoms with Crippen molar-refractivity contribution in [2.24, 2.45) is 10.9 Å². The molecule has 0 bridgehead atoms. The van der Waals surface area contributed by atoms with Crippen LogP contribution in [0.15, 0.2) is 53.8 Å². The second-order valence-electron chi connectivity index (χ2n) is 8.23. The Bertz CT molecular complexity index is 1040. The van der Waals surface area contributed by atoms with Crippen LogP contribution in [0.3, 0.4) is 0 Å². The standard InChI is InChI=1S/C25H32N6O2/c1-3-26-25(27-13-19-5-4-6-21(12-19)24-29-17-30-31-24)28-14-22-8-7-18(2)11-23(22)33-16-20-9-10-32-15-20/h4-8,11-12,17,20H,3,9-10,13-16H2,1-2H3,(H2,26,27,28)(H,29,30,31). The lowest BCUT2D eigenvalue weighted by Gasteiger charge is -2.17. The van der Waals surface area contributed by atoms with E-state index in [9.17, 15) is 0 Å². The lowest BCUT2D eigenvalue weighted by atomic mass is 10.1. The number of hydrogen-bond acceptors (Lipinski definition) is 5. The highest BCUT2D eigenvalue weighted by atomic mass is 16.5. The number of ether oxygens (including phenoxy) is 2. The zero-order valence-electron chi connectivity index (χ0n) is 19.3. The van der Waals surface area contributed by atoms with Crippen molar-refractivity contribution in [2.75, 3.05) is 26.4 Å². The molecule has 1 saturated heterocycles. The van der Waals surface area contributed by atoms with Crippen LogP contribution >= 0.6 is 0 Å². The molecule has 3 aromatic rings. The first-order valence-corrected chi connectivity index (χ1v) is 11.5. The second-order valence-corrected chi connectivity index (χ2v) is 8.23. The molecule has 8 heteroatoms. The second kappa shape index (κ2) is 11.5. The topological polar surface area (TPSA) is 96.5 Å². The molecular weight excluding hydrogens is 416 g/mol. The van der Waals surface area contributed by atoms with Gasteiger partial charge in [0.25, 0.3) is 0 Å². The number of aromatic amines is 1. The molecule has 2 aromatic carbocycles. The summed E-state index contributed by atoms with van der Waals surface area (Å²) >= 11 is 0. The van der Waals surface area contributed by atoms with Gasteiger partial charge >= 0.3 is 0 Å². The minimum Gasteiger partial charge on any atom is -0.493 e. The summed E-state index contributed by atoms with van der Waals surface area (Å²) < 4.78 is 11.7. The largest absolute Gasteiger partial charge is 0.493 e. The Morgan fingerprint density at radius 3 is 2.97 bits per heavy atom. The molecule has 1 aromatic heterocycles. The maximum absolute atomic E-state index is 6.18. The molecule has 174 valence electrons. The predicted molar refractivity (Wildman–Crippen MR) is 129 cm³/mol. The fraction of sp³-hybridized carbons (Fsp3) is 0.400. The van der Waals surface area contributed by atoms with Crippen molar-refractivity contribution in [3.8, 4) is 17.1 Å². The molecule has 2 heterocycles. The van der Waals surface area contributed by atoms with Crippen molar-refractivity contribution < 1.29 is 9.47 Å². The van der Waals surface area contributed by atoms with Crippen LogP contribution in [0.1, 0.15) is 30.0 Å². The molecule has 1 aliphatic heterocycles. The quantitative estimate of drug-likeness (QED) is 0.343. The average Bonchev–Trinajstić information content (AvgIpc) is 3.55. The van der Waals surface area contributed by atoms with Crippen molar-refractivity contribution in [2.45, 2.75) is 33.4 Å². The zero-order chi connectivity index (χ0) is 22.9. The number of nitrogens with one attached hydrogen (secondary N) is 3. The first-order chi connectivity index (χ1) is 16.2. The molecule has 0 saturated carbocycles. The number of H-pyrrole nitrogens is 1. The molecular formula is C25H32N6O2. The van der Waals surface area contributed by atoms with E-state index in [2.05, 4.69) is 70.0 Å². The first-order valence-electron chi connectivity index (χ1n) is 11.5. The summed E-state index contributed by atoms with van der Waals surface area (Å²) in [6.07, 6.45) is 2.58. The Morgan fingerprint density at radius 1 is 1.24 bits per heavy atom. The summed E-state index contributed by atoms with van der Waals surface area (Å²) in [5.74, 6) is 2.91. The van der Waals surface area contributed by atoms with Gasteiger partial charge in [-0.05, 0) is 43.5 Å². The van der Waals surface area contributed by atoms with Gasteiger partial charge in [-0.15, -0.1) is 0 Å². The van der Waals surface area contributed by atoms with Crippen LogP contribution in [0.2, 0.25) is 0 Å². The van der Waals surface area contributed by atoms with Crippen LogP contribution in [-0.4, -0.2) is 47.5 Å². The zero-order valence-corrected chi connectivity index (χ0v) is 19.3. The van der Waals surface area contributed by atoms with E-state index in [4.69, 9.17) is 14.5 Å². The van der Waals surface area contributed by atoms with Crippen LogP contribution in [0.4, 0.5) is 0 Å². The monoisotopic (exact) mass is 448 g/mol. The van der Waals surface area contributed by atoms with E-state index < -0.39 is 0 Å². The molecule has 8 nitrogen and oxygen atoms in total. The van der Waals surface area contributed by atoms with E-state index in [0.717, 1.165) is 60.4 Å². The fourth-order valence-electron chi connectivity index (χ4n) is 3.72. The molecule has 0 amide bonds. The Morgan fingerprint density at radius 2 is 2.18 bits per heavy atom. The van der Waals surface area contributed by atoms with Crippen LogP contribution in [0.5, 0.6) is 5.75 Å². The first kappa shape index (κ1) is 22.8. The summed E-state index contributed by atoms with van der Waals surface area (Å²) in [5.41, 5.74) is 4.38. The lowest BCUT2D eigenvalue weighted by molar-refractivity contribution is 0.166. The summed E-state index contributed by atoms with van der Waals surface area (Å²) in [6, 6.07) is 14.5. The summed E-state index contributed by atoms with van der Waals surface area (Å²) in [6.45, 7) is 8.41. The third-order valence-electron chi connectivity index (χ3n) is 5.55. The molecule has 33 heavy (non-hydrogen) atoms. The summed E-state index contributed by atoms with van der Waals surface area (Å²) in [7, 11) is 0. The number of nitrogens with zero attached hydrogens (tertiary/aromatic N) is 3. The van der Waals surface area contributed by atoms with E-state index in [1.807, 2.05) is 12.1 Å². The fourth-order valence-corrected chi connectivity index (χ4v) is 3.72. The average molecular weight is 449 g/mol. The van der Waals surface area contributed by atoms with Crippen LogP contribution in [0.25, 0.3) is 11.4 Å². The van der Waals surface area contributed by atoms with Crippen LogP contribution in [-0.2, 0) is 17.8 Å². The van der Waals surface area contributed by atoms with Crippen molar-refractivity contribution >= 4 is 5.96 Å². The van der Waals surface area contributed by atoms with E-state index >= 15 is 0 Å². The van der Waals surface area contributed by atoms with E-state index in [1.54, 1.807) is 0 Å². The molecule has 0 radical (unpaired) electrons. The van der Waals surface area contributed by atoms with Crippen molar-refractivity contribution in [1.29, 1.82) is 0 Å². The maximum atomic E-state index is 6.18. The number of benzene rings is 2. The highest BCUT2D eigenvalue weighted by Gasteiger charge is 2.17. The van der Waals surface area contributed by atoms with Gasteiger partial charge in [0.2, 0.25) is 0 Å². The van der Waals surface area contributed by atoms with Gasteiger partial charge in [-0.2, -0.15) is 5.10 Å². The number of hydrogen-bond donors (Lipinski definition) is 3. The molecule has 4 rings (SSSR count). The van der Waals surface area contributed by atoms with Gasteiger partial charge < -0.3 is 20.1 Å². The van der Waals surface area contributed by atoms with E-state index in [-0.39, 0.29) is 0 Å². The molecule has 1 fully saturated rings. The van der Waals surface area contributed by atoms with Crippen molar-refractivity contribution in [3.63, 3.8) is 0 Å². The van der Waals surface area contributed by atoms with Gasteiger partial charge in [0.15, 0.2) is 11.8 Å². The van der Waals surface area contributed by atoms with E-state index in [0.29, 0.717) is 25.6 Å². The maximum Gasteiger partial charge on any atom is 0.191 e. The molecule has 3 N–H and O–H groups in total. The summed E-state index contributed by atoms with van der Waals surface area (Å²) in [4.78, 5) is 8.99. The van der Waals surface area contributed by atoms with Crippen molar-refractivity contribution in [3.05, 3.63) is 65.5 Å². The van der Waals surface area contributed by atoms with Gasteiger partial charge in [0.1, 0.15) is 12.1 Å². The van der Waals surface area contributed by atoms with Gasteiger partial charge in [0.05, 0.1) is 19.8 Å². The van der Waals surface area contributed by atoms with Crippen LogP contribution in [0, 0.1) is 12.8 Å². The molecule has 0 spiro atoms. The molecule has 1 unspecified atom stereocenters. The molecule has 1 atom stereocenters. The van der Waals surface area contributed by atoms with Gasteiger partial charge in [-0.1, -0.05) is 30.3 Å². The number of aryl methyl sites for hydroxylation is 1. The number of rotatable bonds is 9. The minimum atomic E-state index is 0.470. The van der Waals surface area contributed by atoms with Crippen molar-refractivity contribution in [1.82, 2.24) is 25.8 Å².